The minimum atomic E-state index is -0.661. The fraction of sp³-hybridized carbons (Fsp3) is 0.368. The second-order valence-electron chi connectivity index (χ2n) is 7.48. The van der Waals surface area contributed by atoms with Crippen LogP contribution in [-0.4, -0.2) is 44.3 Å². The standard InChI is InChI=1S/C19H23N5O3S/c1-11(25)10-20-17(27)13-14-15(24(23-13)19(2,3)4)21-18(28-14)22-16(26)12-8-6-5-7-9-12/h5-9,11,25H,10H2,1-4H3,(H,20,27)(H,21,22,26)/t11-/m1/s1. The molecule has 3 aromatic rings. The first-order valence-corrected chi connectivity index (χ1v) is 9.71. The summed E-state index contributed by atoms with van der Waals surface area (Å²) in [6, 6.07) is 8.85. The second kappa shape index (κ2) is 7.69. The topological polar surface area (TPSA) is 109 Å². The highest BCUT2D eigenvalue weighted by atomic mass is 32.1. The summed E-state index contributed by atoms with van der Waals surface area (Å²) in [6.45, 7) is 7.59. The lowest BCUT2D eigenvalue weighted by Gasteiger charge is -2.19. The largest absolute Gasteiger partial charge is 0.392 e. The molecule has 0 saturated carbocycles. The van der Waals surface area contributed by atoms with E-state index in [0.717, 1.165) is 0 Å². The number of fused-ring (bicyclic) bond motifs is 1. The lowest BCUT2D eigenvalue weighted by molar-refractivity contribution is 0.0918. The number of thiazole rings is 1. The third-order valence-electron chi connectivity index (χ3n) is 3.89. The first-order valence-electron chi connectivity index (χ1n) is 8.89. The Balaban J connectivity index is 1.96. The fourth-order valence-electron chi connectivity index (χ4n) is 2.56. The molecule has 0 aliphatic heterocycles. The highest BCUT2D eigenvalue weighted by Crippen LogP contribution is 2.32. The summed E-state index contributed by atoms with van der Waals surface area (Å²) in [5.41, 5.74) is 0.871. The number of carbonyl (C=O) groups is 2. The quantitative estimate of drug-likeness (QED) is 0.609. The normalized spacial score (nSPS) is 12.8. The summed E-state index contributed by atoms with van der Waals surface area (Å²) in [4.78, 5) is 29.5. The number of amides is 2. The van der Waals surface area contributed by atoms with Gasteiger partial charge in [0.15, 0.2) is 16.5 Å². The van der Waals surface area contributed by atoms with Gasteiger partial charge in [0.25, 0.3) is 11.8 Å². The Morgan fingerprint density at radius 2 is 1.89 bits per heavy atom. The molecule has 3 N–H and O–H groups in total. The van der Waals surface area contributed by atoms with Crippen LogP contribution in [0.2, 0.25) is 0 Å². The molecule has 0 saturated heterocycles. The number of nitrogens with zero attached hydrogens (tertiary/aromatic N) is 3. The number of hydrogen-bond acceptors (Lipinski definition) is 6. The smallest absolute Gasteiger partial charge is 0.273 e. The zero-order chi connectivity index (χ0) is 20.5. The Hall–Kier alpha value is -2.78. The van der Waals surface area contributed by atoms with Crippen molar-refractivity contribution in [2.75, 3.05) is 11.9 Å². The molecule has 0 bridgehead atoms. The van der Waals surface area contributed by atoms with Gasteiger partial charge in [-0.05, 0) is 39.8 Å². The Morgan fingerprint density at radius 3 is 2.50 bits per heavy atom. The number of aliphatic hydroxyl groups excluding tert-OH is 1. The van der Waals surface area contributed by atoms with Gasteiger partial charge in [0.2, 0.25) is 0 Å². The second-order valence-corrected chi connectivity index (χ2v) is 8.48. The Labute approximate surface area is 166 Å². The van der Waals surface area contributed by atoms with Crippen LogP contribution < -0.4 is 10.6 Å². The van der Waals surface area contributed by atoms with E-state index in [1.54, 1.807) is 35.9 Å². The molecular weight excluding hydrogens is 378 g/mol. The van der Waals surface area contributed by atoms with Crippen LogP contribution in [0.25, 0.3) is 10.3 Å². The molecule has 3 rings (SSSR count). The van der Waals surface area contributed by atoms with Crippen LogP contribution in [0.1, 0.15) is 48.5 Å². The molecule has 0 unspecified atom stereocenters. The molecule has 148 valence electrons. The van der Waals surface area contributed by atoms with Crippen LogP contribution in [0.3, 0.4) is 0 Å². The number of anilines is 1. The van der Waals surface area contributed by atoms with E-state index in [0.29, 0.717) is 21.0 Å². The molecule has 0 aliphatic rings. The zero-order valence-electron chi connectivity index (χ0n) is 16.2. The van der Waals surface area contributed by atoms with Crippen molar-refractivity contribution in [2.24, 2.45) is 0 Å². The average molecular weight is 401 g/mol. The van der Waals surface area contributed by atoms with E-state index in [4.69, 9.17) is 0 Å². The van der Waals surface area contributed by atoms with E-state index in [-0.39, 0.29) is 18.1 Å². The van der Waals surface area contributed by atoms with Crippen molar-refractivity contribution in [3.63, 3.8) is 0 Å². The number of aromatic nitrogens is 3. The highest BCUT2D eigenvalue weighted by molar-refractivity contribution is 7.22. The van der Waals surface area contributed by atoms with Crippen LogP contribution in [-0.2, 0) is 5.54 Å². The van der Waals surface area contributed by atoms with Gasteiger partial charge in [-0.1, -0.05) is 29.5 Å². The molecular formula is C19H23N5O3S. The number of benzene rings is 1. The molecule has 0 spiro atoms. The predicted molar refractivity (Wildman–Crippen MR) is 109 cm³/mol. The number of carbonyl (C=O) groups excluding carboxylic acids is 2. The van der Waals surface area contributed by atoms with Crippen molar-refractivity contribution in [2.45, 2.75) is 39.3 Å². The van der Waals surface area contributed by atoms with Crippen molar-refractivity contribution in [1.29, 1.82) is 0 Å². The summed E-state index contributed by atoms with van der Waals surface area (Å²) < 4.78 is 2.26. The number of rotatable bonds is 5. The first kappa shape index (κ1) is 20.0. The lowest BCUT2D eigenvalue weighted by atomic mass is 10.1. The van der Waals surface area contributed by atoms with Gasteiger partial charge >= 0.3 is 0 Å². The first-order chi connectivity index (χ1) is 13.2. The van der Waals surface area contributed by atoms with E-state index >= 15 is 0 Å². The van der Waals surface area contributed by atoms with Gasteiger partial charge in [-0.2, -0.15) is 10.1 Å². The van der Waals surface area contributed by atoms with Gasteiger partial charge in [-0.15, -0.1) is 0 Å². The van der Waals surface area contributed by atoms with Crippen molar-refractivity contribution in [3.8, 4) is 0 Å². The van der Waals surface area contributed by atoms with E-state index in [9.17, 15) is 14.7 Å². The number of aliphatic hydroxyl groups is 1. The molecule has 0 radical (unpaired) electrons. The van der Waals surface area contributed by atoms with Gasteiger partial charge in [0.1, 0.15) is 4.70 Å². The molecule has 2 aromatic heterocycles. The summed E-state index contributed by atoms with van der Waals surface area (Å²) in [5.74, 6) is -0.661. The van der Waals surface area contributed by atoms with Crippen LogP contribution in [0.4, 0.5) is 5.13 Å². The van der Waals surface area contributed by atoms with Crippen LogP contribution in [0, 0.1) is 0 Å². The Kier molecular flexibility index (Phi) is 5.48. The summed E-state index contributed by atoms with van der Waals surface area (Å²) in [7, 11) is 0. The maximum absolute atomic E-state index is 12.5. The van der Waals surface area contributed by atoms with E-state index in [1.165, 1.54) is 11.3 Å². The monoisotopic (exact) mass is 401 g/mol. The highest BCUT2D eigenvalue weighted by Gasteiger charge is 2.27. The minimum absolute atomic E-state index is 0.124. The summed E-state index contributed by atoms with van der Waals surface area (Å²) in [6.07, 6.45) is -0.661. The van der Waals surface area contributed by atoms with E-state index in [1.807, 2.05) is 26.8 Å². The third kappa shape index (κ3) is 4.20. The SMILES string of the molecule is C[C@@H](O)CNC(=O)c1nn(C(C)(C)C)c2nc(NC(=O)c3ccccc3)sc12. The maximum Gasteiger partial charge on any atom is 0.273 e. The van der Waals surface area contributed by atoms with Crippen LogP contribution >= 0.6 is 11.3 Å². The van der Waals surface area contributed by atoms with Gasteiger partial charge < -0.3 is 10.4 Å². The lowest BCUT2D eigenvalue weighted by Crippen LogP contribution is -2.31. The number of nitrogens with one attached hydrogen (secondary N) is 2. The molecule has 2 amide bonds. The maximum atomic E-state index is 12.5. The van der Waals surface area contributed by atoms with Crippen molar-refractivity contribution in [1.82, 2.24) is 20.1 Å². The van der Waals surface area contributed by atoms with Crippen LogP contribution in [0.15, 0.2) is 30.3 Å². The Bertz CT molecular complexity index is 1000. The molecule has 0 fully saturated rings. The van der Waals surface area contributed by atoms with Gasteiger partial charge in [-0.3, -0.25) is 14.9 Å². The third-order valence-corrected chi connectivity index (χ3v) is 4.86. The van der Waals surface area contributed by atoms with Crippen molar-refractivity contribution in [3.05, 3.63) is 41.6 Å². The predicted octanol–water partition coefficient (Wildman–Crippen LogP) is 2.61. The molecule has 1 aromatic carbocycles. The molecule has 0 aliphatic carbocycles. The Morgan fingerprint density at radius 1 is 1.21 bits per heavy atom. The van der Waals surface area contributed by atoms with Gasteiger partial charge in [0, 0.05) is 12.1 Å². The summed E-state index contributed by atoms with van der Waals surface area (Å²) in [5, 5.41) is 19.7. The van der Waals surface area contributed by atoms with Gasteiger partial charge in [-0.25, -0.2) is 4.68 Å². The van der Waals surface area contributed by atoms with Crippen molar-refractivity contribution >= 4 is 38.6 Å². The van der Waals surface area contributed by atoms with Crippen molar-refractivity contribution < 1.29 is 14.7 Å². The molecule has 2 heterocycles. The van der Waals surface area contributed by atoms with Gasteiger partial charge in [0.05, 0.1) is 11.6 Å². The van der Waals surface area contributed by atoms with E-state index in [2.05, 4.69) is 20.7 Å². The zero-order valence-corrected chi connectivity index (χ0v) is 17.0. The van der Waals surface area contributed by atoms with Crippen LogP contribution in [0.5, 0.6) is 0 Å². The molecule has 28 heavy (non-hydrogen) atoms. The number of hydrogen-bond donors (Lipinski definition) is 3. The van der Waals surface area contributed by atoms with E-state index < -0.39 is 17.6 Å². The average Bonchev–Trinajstić information content (AvgIpc) is 3.18. The molecule has 1 atom stereocenters. The fourth-order valence-corrected chi connectivity index (χ4v) is 3.48. The minimum Gasteiger partial charge on any atom is -0.392 e. The summed E-state index contributed by atoms with van der Waals surface area (Å²) >= 11 is 1.20. The molecule has 8 nitrogen and oxygen atoms in total. The molecule has 9 heteroatoms.